The zero-order valence-electron chi connectivity index (χ0n) is 10.9. The summed E-state index contributed by atoms with van der Waals surface area (Å²) in [6, 6.07) is 0. The molecule has 96 valence electrons. The van der Waals surface area contributed by atoms with E-state index in [-0.39, 0.29) is 0 Å². The Bertz CT molecular complexity index is 394. The summed E-state index contributed by atoms with van der Waals surface area (Å²) in [5.74, 6) is 1.22. The second-order valence-electron chi connectivity index (χ2n) is 4.39. The molecule has 0 amide bonds. The van der Waals surface area contributed by atoms with Gasteiger partial charge in [-0.05, 0) is 49.8 Å². The molecule has 0 atom stereocenters. The van der Waals surface area contributed by atoms with Crippen molar-refractivity contribution in [1.29, 1.82) is 0 Å². The van der Waals surface area contributed by atoms with E-state index in [1.807, 2.05) is 20.8 Å². The minimum atomic E-state index is -0.490. The van der Waals surface area contributed by atoms with Crippen molar-refractivity contribution in [3.63, 3.8) is 0 Å². The molecular formula is C12H20IN3O. The number of anilines is 1. The Balaban J connectivity index is 3.17. The van der Waals surface area contributed by atoms with Gasteiger partial charge in [0.15, 0.2) is 5.82 Å². The molecule has 5 heteroatoms. The molecule has 0 fully saturated rings. The lowest BCUT2D eigenvalue weighted by Crippen LogP contribution is -2.26. The summed E-state index contributed by atoms with van der Waals surface area (Å²) in [4.78, 5) is 8.93. The van der Waals surface area contributed by atoms with Crippen molar-refractivity contribution in [2.75, 3.05) is 12.3 Å². The lowest BCUT2D eigenvalue weighted by Gasteiger charge is -2.24. The van der Waals surface area contributed by atoms with Gasteiger partial charge >= 0.3 is 0 Å². The fourth-order valence-electron chi connectivity index (χ4n) is 1.61. The molecule has 2 N–H and O–H groups in total. The van der Waals surface area contributed by atoms with Crippen molar-refractivity contribution in [3.8, 4) is 0 Å². The second-order valence-corrected chi connectivity index (χ2v) is 5.47. The number of nitrogen functional groups attached to an aromatic ring is 1. The van der Waals surface area contributed by atoms with E-state index in [9.17, 15) is 0 Å². The quantitative estimate of drug-likeness (QED) is 0.831. The topological polar surface area (TPSA) is 61.0 Å². The standard InChI is InChI=1S/C12H20IN3O/c1-5-7-8-9(13)10(14)16-11(15-8)12(3,4)17-6-2/h5-7H2,1-4H3,(H2,14,15,16). The molecule has 0 aromatic carbocycles. The molecule has 1 aromatic rings. The number of aryl methyl sites for hydroxylation is 1. The van der Waals surface area contributed by atoms with Gasteiger partial charge in [-0.1, -0.05) is 13.3 Å². The molecule has 0 radical (unpaired) electrons. The highest BCUT2D eigenvalue weighted by Crippen LogP contribution is 2.25. The van der Waals surface area contributed by atoms with Crippen LogP contribution in [0.4, 0.5) is 5.82 Å². The summed E-state index contributed by atoms with van der Waals surface area (Å²) in [6.45, 7) is 8.65. The van der Waals surface area contributed by atoms with Gasteiger partial charge in [0.2, 0.25) is 0 Å². The third-order valence-electron chi connectivity index (χ3n) is 2.48. The van der Waals surface area contributed by atoms with Gasteiger partial charge < -0.3 is 10.5 Å². The Labute approximate surface area is 117 Å². The summed E-state index contributed by atoms with van der Waals surface area (Å²) >= 11 is 2.20. The van der Waals surface area contributed by atoms with Crippen LogP contribution in [-0.4, -0.2) is 16.6 Å². The first-order chi connectivity index (χ1) is 7.92. The highest BCUT2D eigenvalue weighted by Gasteiger charge is 2.26. The highest BCUT2D eigenvalue weighted by molar-refractivity contribution is 14.1. The second kappa shape index (κ2) is 5.95. The van der Waals surface area contributed by atoms with E-state index in [4.69, 9.17) is 10.5 Å². The summed E-state index contributed by atoms with van der Waals surface area (Å²) in [6.07, 6.45) is 1.96. The van der Waals surface area contributed by atoms with E-state index in [1.54, 1.807) is 0 Å². The Morgan fingerprint density at radius 2 is 1.94 bits per heavy atom. The molecule has 1 heterocycles. The predicted octanol–water partition coefficient (Wildman–Crippen LogP) is 2.89. The number of halogens is 1. The van der Waals surface area contributed by atoms with Crippen molar-refractivity contribution in [3.05, 3.63) is 15.1 Å². The van der Waals surface area contributed by atoms with Crippen LogP contribution in [0.2, 0.25) is 0 Å². The van der Waals surface area contributed by atoms with Gasteiger partial charge in [0.1, 0.15) is 11.4 Å². The molecule has 0 unspecified atom stereocenters. The van der Waals surface area contributed by atoms with E-state index >= 15 is 0 Å². The van der Waals surface area contributed by atoms with Gasteiger partial charge in [-0.3, -0.25) is 0 Å². The maximum atomic E-state index is 5.93. The predicted molar refractivity (Wildman–Crippen MR) is 77.8 cm³/mol. The number of hydrogen-bond donors (Lipinski definition) is 1. The first-order valence-electron chi connectivity index (χ1n) is 5.88. The van der Waals surface area contributed by atoms with Crippen LogP contribution in [-0.2, 0) is 16.8 Å². The van der Waals surface area contributed by atoms with E-state index in [1.165, 1.54) is 0 Å². The number of aromatic nitrogens is 2. The monoisotopic (exact) mass is 349 g/mol. The number of rotatable bonds is 5. The molecular weight excluding hydrogens is 329 g/mol. The van der Waals surface area contributed by atoms with Crippen molar-refractivity contribution in [2.45, 2.75) is 46.1 Å². The normalized spacial score (nSPS) is 11.8. The van der Waals surface area contributed by atoms with Crippen molar-refractivity contribution in [1.82, 2.24) is 9.97 Å². The van der Waals surface area contributed by atoms with Crippen molar-refractivity contribution < 1.29 is 4.74 Å². The number of hydrogen-bond acceptors (Lipinski definition) is 4. The van der Waals surface area contributed by atoms with Gasteiger partial charge in [-0.2, -0.15) is 0 Å². The smallest absolute Gasteiger partial charge is 0.162 e. The van der Waals surface area contributed by atoms with Gasteiger partial charge in [0.25, 0.3) is 0 Å². The molecule has 1 rings (SSSR count). The van der Waals surface area contributed by atoms with E-state index < -0.39 is 5.60 Å². The Kier molecular flexibility index (Phi) is 5.12. The fourth-order valence-corrected chi connectivity index (χ4v) is 2.12. The highest BCUT2D eigenvalue weighted by atomic mass is 127. The van der Waals surface area contributed by atoms with Gasteiger partial charge in [0.05, 0.1) is 9.26 Å². The van der Waals surface area contributed by atoms with E-state index in [0.717, 1.165) is 22.1 Å². The molecule has 0 aliphatic carbocycles. The maximum Gasteiger partial charge on any atom is 0.162 e. The van der Waals surface area contributed by atoms with E-state index in [2.05, 4.69) is 39.5 Å². The lowest BCUT2D eigenvalue weighted by molar-refractivity contribution is -0.0208. The van der Waals surface area contributed by atoms with Crippen molar-refractivity contribution in [2.24, 2.45) is 0 Å². The molecule has 0 saturated heterocycles. The van der Waals surface area contributed by atoms with Gasteiger partial charge in [-0.25, -0.2) is 9.97 Å². The van der Waals surface area contributed by atoms with Crippen LogP contribution < -0.4 is 5.73 Å². The van der Waals surface area contributed by atoms with Crippen LogP contribution in [0.25, 0.3) is 0 Å². The van der Waals surface area contributed by atoms with Crippen LogP contribution in [0.1, 0.15) is 45.6 Å². The third kappa shape index (κ3) is 3.51. The summed E-state index contributed by atoms with van der Waals surface area (Å²) in [5.41, 5.74) is 6.46. The lowest BCUT2D eigenvalue weighted by atomic mass is 10.1. The molecule has 4 nitrogen and oxygen atoms in total. The Hall–Kier alpha value is -0.430. The zero-order valence-corrected chi connectivity index (χ0v) is 13.0. The van der Waals surface area contributed by atoms with Crippen LogP contribution >= 0.6 is 22.6 Å². The van der Waals surface area contributed by atoms with Crippen LogP contribution in [0.15, 0.2) is 0 Å². The minimum Gasteiger partial charge on any atom is -0.383 e. The van der Waals surface area contributed by atoms with Crippen LogP contribution in [0, 0.1) is 3.57 Å². The van der Waals surface area contributed by atoms with Crippen LogP contribution in [0.5, 0.6) is 0 Å². The third-order valence-corrected chi connectivity index (χ3v) is 3.65. The van der Waals surface area contributed by atoms with E-state index in [0.29, 0.717) is 18.2 Å². The summed E-state index contributed by atoms with van der Waals surface area (Å²) < 4.78 is 6.62. The number of nitrogens with two attached hydrogens (primary N) is 1. The Morgan fingerprint density at radius 1 is 1.29 bits per heavy atom. The zero-order chi connectivity index (χ0) is 13.1. The Morgan fingerprint density at radius 3 is 2.47 bits per heavy atom. The van der Waals surface area contributed by atoms with Crippen LogP contribution in [0.3, 0.4) is 0 Å². The molecule has 0 spiro atoms. The average molecular weight is 349 g/mol. The molecule has 1 aromatic heterocycles. The van der Waals surface area contributed by atoms with Gasteiger partial charge in [0, 0.05) is 6.61 Å². The van der Waals surface area contributed by atoms with Crippen molar-refractivity contribution >= 4 is 28.4 Å². The number of nitrogens with zero attached hydrogens (tertiary/aromatic N) is 2. The molecule has 0 saturated carbocycles. The fraction of sp³-hybridized carbons (Fsp3) is 0.667. The molecule has 17 heavy (non-hydrogen) atoms. The molecule has 0 bridgehead atoms. The SMILES string of the molecule is CCCc1nc(C(C)(C)OCC)nc(N)c1I. The molecule has 0 aliphatic heterocycles. The van der Waals surface area contributed by atoms with Gasteiger partial charge in [-0.15, -0.1) is 0 Å². The first kappa shape index (κ1) is 14.6. The maximum absolute atomic E-state index is 5.93. The largest absolute Gasteiger partial charge is 0.383 e. The summed E-state index contributed by atoms with van der Waals surface area (Å²) in [7, 11) is 0. The number of ether oxygens (including phenoxy) is 1. The molecule has 0 aliphatic rings. The minimum absolute atomic E-state index is 0.490. The first-order valence-corrected chi connectivity index (χ1v) is 6.96. The summed E-state index contributed by atoms with van der Waals surface area (Å²) in [5, 5.41) is 0. The average Bonchev–Trinajstić information content (AvgIpc) is 2.24.